The minimum atomic E-state index is -0.00589. The second-order valence-corrected chi connectivity index (χ2v) is 6.77. The van der Waals surface area contributed by atoms with Crippen LogP contribution in [0.25, 0.3) is 17.3 Å². The van der Waals surface area contributed by atoms with E-state index in [0.29, 0.717) is 17.0 Å². The Bertz CT molecular complexity index is 1310. The van der Waals surface area contributed by atoms with Crippen molar-refractivity contribution in [1.29, 1.82) is 0 Å². The van der Waals surface area contributed by atoms with Gasteiger partial charge in [-0.2, -0.15) is 0 Å². The number of para-hydroxylation sites is 1. The monoisotopic (exact) mass is 359 g/mol. The molecule has 3 aromatic rings. The second-order valence-electron chi connectivity index (χ2n) is 6.77. The van der Waals surface area contributed by atoms with Crippen molar-refractivity contribution in [1.82, 2.24) is 9.97 Å². The van der Waals surface area contributed by atoms with E-state index in [1.165, 1.54) is 0 Å². The van der Waals surface area contributed by atoms with E-state index >= 15 is 0 Å². The number of nitrogens with zero attached hydrogens (tertiary/aromatic N) is 1. The average molecular weight is 359 g/mol. The summed E-state index contributed by atoms with van der Waals surface area (Å²) in [6.07, 6.45) is 2.01. The Labute approximate surface area is 156 Å². The molecule has 1 aliphatic heterocycles. The van der Waals surface area contributed by atoms with E-state index in [1.807, 2.05) is 43.3 Å². The lowest BCUT2D eigenvalue weighted by Gasteiger charge is -1.97. The van der Waals surface area contributed by atoms with Gasteiger partial charge in [-0.25, -0.2) is 4.99 Å². The molecule has 1 aliphatic rings. The number of fused-ring (bicyclic) bond motifs is 1. The highest BCUT2D eigenvalue weighted by Crippen LogP contribution is 2.15. The van der Waals surface area contributed by atoms with Gasteiger partial charge in [-0.3, -0.25) is 4.79 Å². The second kappa shape index (κ2) is 6.43. The molecule has 0 saturated heterocycles. The Balaban J connectivity index is 2.02. The van der Waals surface area contributed by atoms with Gasteiger partial charge in [-0.1, -0.05) is 18.2 Å². The predicted molar refractivity (Wildman–Crippen MR) is 105 cm³/mol. The number of aryl methyl sites for hydroxylation is 2. The van der Waals surface area contributed by atoms with Gasteiger partial charge in [-0.05, 0) is 44.5 Å². The van der Waals surface area contributed by atoms with Crippen LogP contribution >= 0.6 is 0 Å². The molecule has 5 nitrogen and oxygen atoms in total. The zero-order chi connectivity index (χ0) is 19.1. The van der Waals surface area contributed by atoms with Crippen LogP contribution in [-0.4, -0.2) is 22.9 Å². The number of Topliss-reactive ketones (excluding diaryl/α,β-unsaturated/α-hetero) is 1. The fourth-order valence-corrected chi connectivity index (χ4v) is 3.54. The molecule has 5 heteroatoms. The van der Waals surface area contributed by atoms with Crippen molar-refractivity contribution in [3.63, 3.8) is 0 Å². The number of ether oxygens (including phenoxy) is 1. The number of nitrogens with one attached hydrogen (secondary N) is 2. The van der Waals surface area contributed by atoms with Gasteiger partial charge < -0.3 is 14.7 Å². The summed E-state index contributed by atoms with van der Waals surface area (Å²) in [4.78, 5) is 23.7. The summed E-state index contributed by atoms with van der Waals surface area (Å²) in [7, 11) is 1.64. The quantitative estimate of drug-likeness (QED) is 0.732. The first-order chi connectivity index (χ1) is 13.0. The maximum absolute atomic E-state index is 12.3. The van der Waals surface area contributed by atoms with Crippen molar-refractivity contribution in [2.24, 2.45) is 4.99 Å². The zero-order valence-corrected chi connectivity index (χ0v) is 15.8. The number of ketones is 1. The number of hydrogen-bond donors (Lipinski definition) is 2. The summed E-state index contributed by atoms with van der Waals surface area (Å²) >= 11 is 0. The molecule has 0 spiro atoms. The molecule has 0 fully saturated rings. The fraction of sp³-hybridized carbons (Fsp3) is 0.182. The van der Waals surface area contributed by atoms with E-state index < -0.39 is 0 Å². The first-order valence-electron chi connectivity index (χ1n) is 8.82. The van der Waals surface area contributed by atoms with Gasteiger partial charge in [0.2, 0.25) is 0 Å². The molecule has 0 unspecified atom stereocenters. The summed E-state index contributed by atoms with van der Waals surface area (Å²) < 4.78 is 5.55. The van der Waals surface area contributed by atoms with Crippen LogP contribution in [0, 0.1) is 13.8 Å². The largest absolute Gasteiger partial charge is 0.494 e. The lowest BCUT2D eigenvalue weighted by Crippen LogP contribution is -2.24. The number of aromatic nitrogens is 2. The maximum Gasteiger partial charge on any atom is 0.162 e. The first-order valence-corrected chi connectivity index (χ1v) is 8.82. The average Bonchev–Trinajstić information content (AvgIpc) is 3.29. The van der Waals surface area contributed by atoms with Gasteiger partial charge in [0.05, 0.1) is 34.4 Å². The van der Waals surface area contributed by atoms with Gasteiger partial charge in [0.15, 0.2) is 5.78 Å². The highest BCUT2D eigenvalue weighted by atomic mass is 16.5. The molecule has 0 radical (unpaired) electrons. The highest BCUT2D eigenvalue weighted by molar-refractivity contribution is 6.27. The van der Waals surface area contributed by atoms with Crippen LogP contribution in [0.3, 0.4) is 0 Å². The SMILES string of the molecule is COc1c/c(=C2/N=c3ccccc3=C2C(C)=O)[nH]/c1=C\c1[nH]c(C)cc1C. The molecule has 0 aliphatic carbocycles. The van der Waals surface area contributed by atoms with E-state index in [1.54, 1.807) is 14.0 Å². The topological polar surface area (TPSA) is 70.2 Å². The summed E-state index contributed by atoms with van der Waals surface area (Å²) in [6.45, 7) is 5.66. The molecule has 0 bridgehead atoms. The predicted octanol–water partition coefficient (Wildman–Crippen LogP) is 0.978. The minimum absolute atomic E-state index is 0.00589. The molecule has 1 aromatic carbocycles. The molecular formula is C22H21N3O2. The number of H-pyrrole nitrogens is 2. The van der Waals surface area contributed by atoms with Crippen molar-refractivity contribution >= 4 is 23.1 Å². The lowest BCUT2D eigenvalue weighted by atomic mass is 10.1. The normalized spacial score (nSPS) is 15.7. The molecular weight excluding hydrogens is 338 g/mol. The maximum atomic E-state index is 12.3. The van der Waals surface area contributed by atoms with E-state index in [0.717, 1.165) is 38.2 Å². The smallest absolute Gasteiger partial charge is 0.162 e. The van der Waals surface area contributed by atoms with Gasteiger partial charge in [0.1, 0.15) is 5.75 Å². The van der Waals surface area contributed by atoms with E-state index in [4.69, 9.17) is 9.73 Å². The zero-order valence-electron chi connectivity index (χ0n) is 15.8. The summed E-state index contributed by atoms with van der Waals surface area (Å²) in [5.74, 6) is 0.701. The molecule has 4 rings (SSSR count). The highest BCUT2D eigenvalue weighted by Gasteiger charge is 2.18. The summed E-state index contributed by atoms with van der Waals surface area (Å²) in [5, 5.41) is 3.28. The van der Waals surface area contributed by atoms with Crippen molar-refractivity contribution < 1.29 is 9.53 Å². The third-order valence-electron chi connectivity index (χ3n) is 4.76. The Morgan fingerprint density at radius 2 is 1.93 bits per heavy atom. The molecule has 0 amide bonds. The van der Waals surface area contributed by atoms with Crippen LogP contribution in [-0.2, 0) is 4.79 Å². The Kier molecular flexibility index (Phi) is 4.07. The van der Waals surface area contributed by atoms with Crippen molar-refractivity contribution in [3.05, 3.63) is 74.6 Å². The lowest BCUT2D eigenvalue weighted by molar-refractivity contribution is -0.111. The van der Waals surface area contributed by atoms with Crippen molar-refractivity contribution in [2.75, 3.05) is 7.11 Å². The minimum Gasteiger partial charge on any atom is -0.494 e. The number of aromatic amines is 2. The molecule has 0 saturated carbocycles. The molecule has 2 N–H and O–H groups in total. The number of rotatable bonds is 3. The summed E-state index contributed by atoms with van der Waals surface area (Å²) in [6, 6.07) is 11.7. The number of carbonyl (C=O) groups is 1. The van der Waals surface area contributed by atoms with Crippen LogP contribution in [0.2, 0.25) is 0 Å². The van der Waals surface area contributed by atoms with Crippen molar-refractivity contribution in [3.8, 4) is 5.75 Å². The standard InChI is InChI=1S/C22H21N3O2/c1-12-9-13(2)23-17(12)10-18-20(27-4)11-19(24-18)22-21(14(3)26)15-7-5-6-8-16(15)25-22/h5-11,23-24H,1-4H3/b18-10-,22-19-. The molecule has 3 heterocycles. The first kappa shape index (κ1) is 17.1. The van der Waals surface area contributed by atoms with Gasteiger partial charge in [0.25, 0.3) is 0 Å². The van der Waals surface area contributed by atoms with Crippen LogP contribution < -0.4 is 26.0 Å². The Hall–Kier alpha value is -3.34. The van der Waals surface area contributed by atoms with Gasteiger partial charge >= 0.3 is 0 Å². The third-order valence-corrected chi connectivity index (χ3v) is 4.76. The number of hydrogen-bond acceptors (Lipinski definition) is 3. The number of carbonyl (C=O) groups excluding carboxylic acids is 1. The van der Waals surface area contributed by atoms with Gasteiger partial charge in [-0.15, -0.1) is 0 Å². The Morgan fingerprint density at radius 1 is 1.15 bits per heavy atom. The van der Waals surface area contributed by atoms with Crippen LogP contribution in [0.15, 0.2) is 41.4 Å². The molecule has 2 aromatic heterocycles. The molecule has 136 valence electrons. The number of methoxy groups -OCH3 is 1. The van der Waals surface area contributed by atoms with Crippen LogP contribution in [0.1, 0.15) is 23.9 Å². The molecule has 0 atom stereocenters. The van der Waals surface area contributed by atoms with Crippen LogP contribution in [0.5, 0.6) is 5.75 Å². The molecule has 27 heavy (non-hydrogen) atoms. The van der Waals surface area contributed by atoms with E-state index in [2.05, 4.69) is 23.0 Å². The van der Waals surface area contributed by atoms with Gasteiger partial charge in [0, 0.05) is 22.7 Å². The van der Waals surface area contributed by atoms with E-state index in [9.17, 15) is 4.79 Å². The van der Waals surface area contributed by atoms with Crippen LogP contribution in [0.4, 0.5) is 0 Å². The third kappa shape index (κ3) is 2.91. The summed E-state index contributed by atoms with van der Waals surface area (Å²) in [5.41, 5.74) is 4.57. The van der Waals surface area contributed by atoms with Crippen molar-refractivity contribution in [2.45, 2.75) is 20.8 Å². The van der Waals surface area contributed by atoms with E-state index in [-0.39, 0.29) is 5.78 Å². The number of benzene rings is 1. The Morgan fingerprint density at radius 3 is 2.59 bits per heavy atom. The fourth-order valence-electron chi connectivity index (χ4n) is 3.54.